The molecule has 5 heteroatoms. The first kappa shape index (κ1) is 17.7. The summed E-state index contributed by atoms with van der Waals surface area (Å²) >= 11 is 0. The summed E-state index contributed by atoms with van der Waals surface area (Å²) in [5.74, 6) is -1.25. The van der Waals surface area contributed by atoms with Crippen molar-refractivity contribution in [2.24, 2.45) is 0 Å². The molecule has 0 bridgehead atoms. The van der Waals surface area contributed by atoms with Crippen LogP contribution in [0.15, 0.2) is 84.9 Å². The van der Waals surface area contributed by atoms with Gasteiger partial charge in [-0.1, -0.05) is 42.5 Å². The van der Waals surface area contributed by atoms with Crippen LogP contribution in [0.3, 0.4) is 0 Å². The van der Waals surface area contributed by atoms with Crippen LogP contribution in [-0.4, -0.2) is 20.9 Å². The monoisotopic (exact) mass is 372 g/mol. The van der Waals surface area contributed by atoms with Crippen LogP contribution >= 0.6 is 0 Å². The molecule has 0 aliphatic heterocycles. The van der Waals surface area contributed by atoms with Crippen LogP contribution in [0.25, 0.3) is 22.5 Å². The average Bonchev–Trinajstić information content (AvgIpc) is 3.13. The van der Waals surface area contributed by atoms with Gasteiger partial charge in [0, 0.05) is 11.1 Å². The molecule has 0 spiro atoms. The molecular weight excluding hydrogens is 355 g/mol. The first-order valence-corrected chi connectivity index (χ1v) is 8.81. The molecule has 4 nitrogen and oxygen atoms in total. The molecule has 0 unspecified atom stereocenters. The number of benzene rings is 3. The van der Waals surface area contributed by atoms with Crippen molar-refractivity contribution in [1.29, 1.82) is 0 Å². The molecule has 138 valence electrons. The maximum atomic E-state index is 13.4. The summed E-state index contributed by atoms with van der Waals surface area (Å²) < 4.78 is 15.2. The summed E-state index contributed by atoms with van der Waals surface area (Å²) in [5.41, 5.74) is 4.60. The summed E-state index contributed by atoms with van der Waals surface area (Å²) in [4.78, 5) is 11.1. The van der Waals surface area contributed by atoms with Crippen molar-refractivity contribution >= 4 is 5.97 Å². The lowest BCUT2D eigenvalue weighted by Crippen LogP contribution is -2.04. The predicted octanol–water partition coefficient (Wildman–Crippen LogP) is 5.10. The molecule has 0 atom stereocenters. The summed E-state index contributed by atoms with van der Waals surface area (Å²) in [7, 11) is 0. The molecule has 0 aliphatic rings. The van der Waals surface area contributed by atoms with Crippen LogP contribution in [-0.2, 0) is 6.54 Å². The van der Waals surface area contributed by atoms with E-state index in [4.69, 9.17) is 10.2 Å². The first-order chi connectivity index (χ1) is 13.6. The van der Waals surface area contributed by atoms with Gasteiger partial charge in [-0.2, -0.15) is 5.10 Å². The molecule has 0 saturated carbocycles. The van der Waals surface area contributed by atoms with Gasteiger partial charge in [0.2, 0.25) is 0 Å². The molecule has 0 saturated heterocycles. The summed E-state index contributed by atoms with van der Waals surface area (Å²) in [5, 5.41) is 13.8. The van der Waals surface area contributed by atoms with Gasteiger partial charge in [-0.3, -0.25) is 4.68 Å². The van der Waals surface area contributed by atoms with Gasteiger partial charge < -0.3 is 5.11 Å². The Bertz CT molecular complexity index is 1100. The molecule has 0 aliphatic carbocycles. The van der Waals surface area contributed by atoms with Crippen LogP contribution < -0.4 is 0 Å². The van der Waals surface area contributed by atoms with E-state index >= 15 is 0 Å². The van der Waals surface area contributed by atoms with E-state index in [0.717, 1.165) is 28.1 Å². The lowest BCUT2D eigenvalue weighted by molar-refractivity contribution is 0.0697. The first-order valence-electron chi connectivity index (χ1n) is 8.81. The third-order valence-electron chi connectivity index (χ3n) is 4.52. The van der Waals surface area contributed by atoms with Gasteiger partial charge in [0.25, 0.3) is 0 Å². The molecule has 3 aromatic carbocycles. The van der Waals surface area contributed by atoms with Gasteiger partial charge in [-0.25, -0.2) is 9.18 Å². The van der Waals surface area contributed by atoms with Crippen molar-refractivity contribution in [2.75, 3.05) is 0 Å². The second-order valence-corrected chi connectivity index (χ2v) is 6.45. The SMILES string of the molecule is O=C(O)c1ccc(-c2cc(-c3ccc(F)cc3)n(Cc3ccccc3)n2)cc1. The maximum absolute atomic E-state index is 13.4. The van der Waals surface area contributed by atoms with E-state index in [1.54, 1.807) is 36.4 Å². The van der Waals surface area contributed by atoms with Gasteiger partial charge in [-0.05, 0) is 48.0 Å². The lowest BCUT2D eigenvalue weighted by atomic mass is 10.1. The number of hydrogen-bond acceptors (Lipinski definition) is 2. The number of nitrogens with zero attached hydrogens (tertiary/aromatic N) is 2. The zero-order chi connectivity index (χ0) is 19.5. The Hall–Kier alpha value is -3.73. The van der Waals surface area contributed by atoms with Crippen molar-refractivity contribution < 1.29 is 14.3 Å². The zero-order valence-electron chi connectivity index (χ0n) is 14.9. The number of hydrogen-bond donors (Lipinski definition) is 1. The van der Waals surface area contributed by atoms with Crippen molar-refractivity contribution in [2.45, 2.75) is 6.54 Å². The Balaban J connectivity index is 1.76. The molecule has 1 N–H and O–H groups in total. The van der Waals surface area contributed by atoms with Crippen LogP contribution in [0.1, 0.15) is 15.9 Å². The minimum absolute atomic E-state index is 0.228. The van der Waals surface area contributed by atoms with E-state index < -0.39 is 5.97 Å². The number of halogens is 1. The smallest absolute Gasteiger partial charge is 0.335 e. The Kier molecular flexibility index (Phi) is 4.72. The third kappa shape index (κ3) is 3.69. The van der Waals surface area contributed by atoms with Crippen molar-refractivity contribution in [3.05, 3.63) is 102 Å². The van der Waals surface area contributed by atoms with Crippen LogP contribution in [0, 0.1) is 5.82 Å². The molecule has 4 rings (SSSR count). The van der Waals surface area contributed by atoms with Crippen LogP contribution in [0.2, 0.25) is 0 Å². The molecule has 0 fully saturated rings. The van der Waals surface area contributed by atoms with Crippen LogP contribution in [0.5, 0.6) is 0 Å². The second-order valence-electron chi connectivity index (χ2n) is 6.45. The van der Waals surface area contributed by atoms with Gasteiger partial charge in [-0.15, -0.1) is 0 Å². The molecule has 0 radical (unpaired) electrons. The van der Waals surface area contributed by atoms with Crippen molar-refractivity contribution in [3.63, 3.8) is 0 Å². The number of carbonyl (C=O) groups is 1. The highest BCUT2D eigenvalue weighted by Gasteiger charge is 2.13. The van der Waals surface area contributed by atoms with Gasteiger partial charge in [0.05, 0.1) is 23.5 Å². The Labute approximate surface area is 161 Å². The van der Waals surface area contributed by atoms with Crippen LogP contribution in [0.4, 0.5) is 4.39 Å². The molecule has 4 aromatic rings. The number of carboxylic acid groups (broad SMARTS) is 1. The van der Waals surface area contributed by atoms with Gasteiger partial charge in [0.1, 0.15) is 5.82 Å². The third-order valence-corrected chi connectivity index (χ3v) is 4.52. The van der Waals surface area contributed by atoms with E-state index in [0.29, 0.717) is 6.54 Å². The highest BCUT2D eigenvalue weighted by molar-refractivity contribution is 5.88. The molecule has 1 aromatic heterocycles. The largest absolute Gasteiger partial charge is 0.478 e. The van der Waals surface area contributed by atoms with Crippen molar-refractivity contribution in [3.8, 4) is 22.5 Å². The van der Waals surface area contributed by atoms with E-state index in [9.17, 15) is 9.18 Å². The Morgan fingerprint density at radius 1 is 0.893 bits per heavy atom. The zero-order valence-corrected chi connectivity index (χ0v) is 14.9. The Morgan fingerprint density at radius 3 is 2.18 bits per heavy atom. The topological polar surface area (TPSA) is 55.1 Å². The molecular formula is C23H17FN2O2. The number of aromatic carboxylic acids is 1. The Morgan fingerprint density at radius 2 is 1.54 bits per heavy atom. The number of aromatic nitrogens is 2. The minimum atomic E-state index is -0.965. The molecule has 28 heavy (non-hydrogen) atoms. The normalized spacial score (nSPS) is 10.8. The quantitative estimate of drug-likeness (QED) is 0.530. The summed E-state index contributed by atoms with van der Waals surface area (Å²) in [6, 6.07) is 24.8. The lowest BCUT2D eigenvalue weighted by Gasteiger charge is -2.08. The fourth-order valence-corrected chi connectivity index (χ4v) is 3.07. The number of rotatable bonds is 5. The van der Waals surface area contributed by atoms with E-state index in [-0.39, 0.29) is 11.4 Å². The standard InChI is InChI=1S/C23H17FN2O2/c24-20-12-10-18(11-13-20)22-14-21(17-6-8-19(9-7-17)23(27)28)25-26(22)15-16-4-2-1-3-5-16/h1-14H,15H2,(H,27,28). The molecule has 1 heterocycles. The fraction of sp³-hybridized carbons (Fsp3) is 0.0435. The van der Waals surface area contributed by atoms with E-state index in [1.807, 2.05) is 41.1 Å². The van der Waals surface area contributed by atoms with E-state index in [2.05, 4.69) is 0 Å². The summed E-state index contributed by atoms with van der Waals surface area (Å²) in [6.07, 6.45) is 0. The predicted molar refractivity (Wildman–Crippen MR) is 106 cm³/mol. The van der Waals surface area contributed by atoms with Gasteiger partial charge in [0.15, 0.2) is 0 Å². The van der Waals surface area contributed by atoms with E-state index in [1.165, 1.54) is 12.1 Å². The molecule has 0 amide bonds. The minimum Gasteiger partial charge on any atom is -0.478 e. The maximum Gasteiger partial charge on any atom is 0.335 e. The average molecular weight is 372 g/mol. The fourth-order valence-electron chi connectivity index (χ4n) is 3.07. The summed E-state index contributed by atoms with van der Waals surface area (Å²) in [6.45, 7) is 0.570. The highest BCUT2D eigenvalue weighted by atomic mass is 19.1. The second kappa shape index (κ2) is 7.48. The van der Waals surface area contributed by atoms with Crippen molar-refractivity contribution in [1.82, 2.24) is 9.78 Å². The number of carboxylic acids is 1. The highest BCUT2D eigenvalue weighted by Crippen LogP contribution is 2.27. The van der Waals surface area contributed by atoms with Gasteiger partial charge >= 0.3 is 5.97 Å².